The largest absolute Gasteiger partial charge is 0.490 e. The Kier molecular flexibility index (Phi) is 4.15. The normalized spacial score (nSPS) is 10.5. The van der Waals surface area contributed by atoms with Gasteiger partial charge in [0.05, 0.1) is 11.7 Å². The van der Waals surface area contributed by atoms with Gasteiger partial charge >= 0.3 is 0 Å². The van der Waals surface area contributed by atoms with E-state index in [-0.39, 0.29) is 11.9 Å². The molecule has 0 unspecified atom stereocenters. The summed E-state index contributed by atoms with van der Waals surface area (Å²) < 4.78 is 5.54. The summed E-state index contributed by atoms with van der Waals surface area (Å²) in [5, 5.41) is 0.558. The van der Waals surface area contributed by atoms with Crippen molar-refractivity contribution in [3.63, 3.8) is 0 Å². The van der Waals surface area contributed by atoms with Gasteiger partial charge in [-0.25, -0.2) is 0 Å². The Morgan fingerprint density at radius 1 is 1.47 bits per heavy atom. The highest BCUT2D eigenvalue weighted by molar-refractivity contribution is 6.31. The first-order chi connectivity index (χ1) is 7.04. The Bertz CT molecular complexity index is 359. The first-order valence-corrected chi connectivity index (χ1v) is 5.41. The van der Waals surface area contributed by atoms with Crippen molar-refractivity contribution in [2.24, 2.45) is 0 Å². The van der Waals surface area contributed by atoms with Gasteiger partial charge in [-0.1, -0.05) is 18.5 Å². The molecule has 0 radical (unpaired) electrons. The number of Topliss-reactive ketones (excluding diaryl/α,β-unsaturated/α-hetero) is 1. The van der Waals surface area contributed by atoms with Gasteiger partial charge in [0.25, 0.3) is 0 Å². The molecule has 1 aromatic carbocycles. The maximum Gasteiger partial charge on any atom is 0.166 e. The summed E-state index contributed by atoms with van der Waals surface area (Å²) in [6.45, 7) is 5.67. The van der Waals surface area contributed by atoms with E-state index in [0.717, 1.165) is 0 Å². The van der Waals surface area contributed by atoms with Crippen LogP contribution in [-0.2, 0) is 0 Å². The van der Waals surface area contributed by atoms with Crippen molar-refractivity contribution in [3.8, 4) is 5.75 Å². The third-order valence-electron chi connectivity index (χ3n) is 1.93. The minimum atomic E-state index is 0.0492. The van der Waals surface area contributed by atoms with E-state index in [1.807, 2.05) is 20.8 Å². The molecule has 0 aliphatic carbocycles. The molecule has 0 atom stereocenters. The molecule has 0 fully saturated rings. The number of rotatable bonds is 4. The van der Waals surface area contributed by atoms with E-state index < -0.39 is 0 Å². The molecule has 0 amide bonds. The van der Waals surface area contributed by atoms with Gasteiger partial charge in [-0.05, 0) is 32.0 Å². The lowest BCUT2D eigenvalue weighted by atomic mass is 10.1. The van der Waals surface area contributed by atoms with Crippen LogP contribution in [0.2, 0.25) is 5.02 Å². The fraction of sp³-hybridized carbons (Fsp3) is 0.417. The van der Waals surface area contributed by atoms with Crippen LogP contribution in [0.5, 0.6) is 5.75 Å². The summed E-state index contributed by atoms with van der Waals surface area (Å²) in [5.74, 6) is 0.661. The lowest BCUT2D eigenvalue weighted by Gasteiger charge is -2.13. The van der Waals surface area contributed by atoms with Gasteiger partial charge in [0, 0.05) is 11.4 Å². The van der Waals surface area contributed by atoms with Gasteiger partial charge in [0.2, 0.25) is 0 Å². The molecule has 15 heavy (non-hydrogen) atoms. The fourth-order valence-electron chi connectivity index (χ4n) is 1.27. The van der Waals surface area contributed by atoms with Crippen LogP contribution < -0.4 is 4.74 Å². The van der Waals surface area contributed by atoms with E-state index in [1.165, 1.54) is 0 Å². The molecule has 0 saturated carbocycles. The van der Waals surface area contributed by atoms with E-state index in [1.54, 1.807) is 18.2 Å². The highest BCUT2D eigenvalue weighted by Crippen LogP contribution is 2.25. The highest BCUT2D eigenvalue weighted by atomic mass is 35.5. The van der Waals surface area contributed by atoms with E-state index in [0.29, 0.717) is 22.8 Å². The first kappa shape index (κ1) is 12.1. The second kappa shape index (κ2) is 5.17. The molecule has 0 bridgehead atoms. The van der Waals surface area contributed by atoms with Crippen molar-refractivity contribution < 1.29 is 9.53 Å². The molecule has 0 aliphatic heterocycles. The molecular formula is C12H15ClO2. The Hall–Kier alpha value is -1.02. The van der Waals surface area contributed by atoms with Gasteiger partial charge in [0.15, 0.2) is 5.78 Å². The van der Waals surface area contributed by atoms with Crippen LogP contribution in [0, 0.1) is 0 Å². The van der Waals surface area contributed by atoms with Crippen LogP contribution >= 0.6 is 11.6 Å². The quantitative estimate of drug-likeness (QED) is 0.732. The molecule has 1 aromatic rings. The standard InChI is InChI=1S/C12H15ClO2/c1-4-11(14)10-7-9(13)5-6-12(10)15-8(2)3/h5-8H,4H2,1-3H3. The molecule has 1 rings (SSSR count). The molecule has 0 N–H and O–H groups in total. The lowest BCUT2D eigenvalue weighted by molar-refractivity contribution is 0.0982. The van der Waals surface area contributed by atoms with Crippen molar-refractivity contribution in [3.05, 3.63) is 28.8 Å². The van der Waals surface area contributed by atoms with Crippen molar-refractivity contribution in [2.75, 3.05) is 0 Å². The van der Waals surface area contributed by atoms with E-state index in [9.17, 15) is 4.79 Å². The molecule has 3 heteroatoms. The van der Waals surface area contributed by atoms with Crippen molar-refractivity contribution in [2.45, 2.75) is 33.3 Å². The number of ether oxygens (including phenoxy) is 1. The second-order valence-corrected chi connectivity index (χ2v) is 4.02. The number of carbonyl (C=O) groups excluding carboxylic acids is 1. The van der Waals surface area contributed by atoms with Gasteiger partial charge in [0.1, 0.15) is 5.75 Å². The third kappa shape index (κ3) is 3.24. The van der Waals surface area contributed by atoms with Crippen molar-refractivity contribution in [1.29, 1.82) is 0 Å². The summed E-state index contributed by atoms with van der Waals surface area (Å²) in [4.78, 5) is 11.6. The van der Waals surface area contributed by atoms with Crippen LogP contribution in [-0.4, -0.2) is 11.9 Å². The molecule has 0 aliphatic rings. The smallest absolute Gasteiger partial charge is 0.166 e. The summed E-state index contributed by atoms with van der Waals surface area (Å²) in [7, 11) is 0. The number of benzene rings is 1. The van der Waals surface area contributed by atoms with E-state index >= 15 is 0 Å². The third-order valence-corrected chi connectivity index (χ3v) is 2.16. The predicted molar refractivity (Wildman–Crippen MR) is 61.8 cm³/mol. The minimum Gasteiger partial charge on any atom is -0.490 e. The Morgan fingerprint density at radius 2 is 2.13 bits per heavy atom. The molecule has 82 valence electrons. The molecule has 0 spiro atoms. The number of hydrogen-bond donors (Lipinski definition) is 0. The monoisotopic (exact) mass is 226 g/mol. The number of ketones is 1. The molecular weight excluding hydrogens is 212 g/mol. The average Bonchev–Trinajstić information content (AvgIpc) is 2.19. The zero-order valence-electron chi connectivity index (χ0n) is 9.21. The maximum absolute atomic E-state index is 11.6. The van der Waals surface area contributed by atoms with Crippen LogP contribution in [0.1, 0.15) is 37.6 Å². The predicted octanol–water partition coefficient (Wildman–Crippen LogP) is 3.72. The Labute approximate surface area is 95.2 Å². The summed E-state index contributed by atoms with van der Waals surface area (Å²) in [6.07, 6.45) is 0.504. The maximum atomic E-state index is 11.6. The topological polar surface area (TPSA) is 26.3 Å². The second-order valence-electron chi connectivity index (χ2n) is 3.58. The Balaban J connectivity index is 3.08. The molecule has 0 aromatic heterocycles. The van der Waals surface area contributed by atoms with Gasteiger partial charge in [-0.2, -0.15) is 0 Å². The molecule has 2 nitrogen and oxygen atoms in total. The number of carbonyl (C=O) groups is 1. The highest BCUT2D eigenvalue weighted by Gasteiger charge is 2.12. The summed E-state index contributed by atoms with van der Waals surface area (Å²) >= 11 is 5.85. The van der Waals surface area contributed by atoms with Crippen LogP contribution in [0.15, 0.2) is 18.2 Å². The average molecular weight is 227 g/mol. The number of halogens is 1. The summed E-state index contributed by atoms with van der Waals surface area (Å²) in [6, 6.07) is 5.13. The van der Waals surface area contributed by atoms with Gasteiger partial charge in [-0.15, -0.1) is 0 Å². The van der Waals surface area contributed by atoms with Crippen LogP contribution in [0.25, 0.3) is 0 Å². The molecule has 0 heterocycles. The zero-order chi connectivity index (χ0) is 11.4. The SMILES string of the molecule is CCC(=O)c1cc(Cl)ccc1OC(C)C. The fourth-order valence-corrected chi connectivity index (χ4v) is 1.44. The van der Waals surface area contributed by atoms with Crippen molar-refractivity contribution in [1.82, 2.24) is 0 Å². The zero-order valence-corrected chi connectivity index (χ0v) is 9.97. The summed E-state index contributed by atoms with van der Waals surface area (Å²) in [5.41, 5.74) is 0.568. The van der Waals surface area contributed by atoms with E-state index in [2.05, 4.69) is 0 Å². The molecule has 0 saturated heterocycles. The number of hydrogen-bond acceptors (Lipinski definition) is 2. The van der Waals surface area contributed by atoms with Gasteiger partial charge in [-0.3, -0.25) is 4.79 Å². The van der Waals surface area contributed by atoms with Crippen LogP contribution in [0.3, 0.4) is 0 Å². The van der Waals surface area contributed by atoms with Gasteiger partial charge < -0.3 is 4.74 Å². The van der Waals surface area contributed by atoms with E-state index in [4.69, 9.17) is 16.3 Å². The first-order valence-electron chi connectivity index (χ1n) is 5.04. The Morgan fingerprint density at radius 3 is 2.67 bits per heavy atom. The lowest BCUT2D eigenvalue weighted by Crippen LogP contribution is -2.09. The van der Waals surface area contributed by atoms with Crippen molar-refractivity contribution >= 4 is 17.4 Å². The van der Waals surface area contributed by atoms with Crippen LogP contribution in [0.4, 0.5) is 0 Å². The minimum absolute atomic E-state index is 0.0492.